The van der Waals surface area contributed by atoms with Gasteiger partial charge in [-0.25, -0.2) is 4.98 Å². The summed E-state index contributed by atoms with van der Waals surface area (Å²) in [6, 6.07) is 5.44. The van der Waals surface area contributed by atoms with E-state index < -0.39 is 10.8 Å². The van der Waals surface area contributed by atoms with Gasteiger partial charge in [0.1, 0.15) is 0 Å². The molecular formula is C19H23N5O4S. The first kappa shape index (κ1) is 20.9. The van der Waals surface area contributed by atoms with Crippen molar-refractivity contribution in [2.24, 2.45) is 0 Å². The summed E-state index contributed by atoms with van der Waals surface area (Å²) in [6.07, 6.45) is 0.939. The number of hydrogen-bond acceptors (Lipinski definition) is 7. The smallest absolute Gasteiger partial charge is 0.270 e. The highest BCUT2D eigenvalue weighted by molar-refractivity contribution is 7.09. The lowest BCUT2D eigenvalue weighted by Gasteiger charge is -2.34. The summed E-state index contributed by atoms with van der Waals surface area (Å²) in [5.74, 6) is -0.665. The van der Waals surface area contributed by atoms with Gasteiger partial charge in [-0.3, -0.25) is 24.6 Å². The second-order valence-corrected chi connectivity index (χ2v) is 7.68. The van der Waals surface area contributed by atoms with Crippen molar-refractivity contribution in [1.82, 2.24) is 20.1 Å². The lowest BCUT2D eigenvalue weighted by atomic mass is 10.2. The normalized spacial score (nSPS) is 14.6. The molecule has 29 heavy (non-hydrogen) atoms. The van der Waals surface area contributed by atoms with Crippen LogP contribution in [0.15, 0.2) is 29.6 Å². The summed E-state index contributed by atoms with van der Waals surface area (Å²) in [5.41, 5.74) is 1.06. The Bertz CT molecular complexity index is 892. The van der Waals surface area contributed by atoms with E-state index in [0.717, 1.165) is 36.8 Å². The number of hydrogen-bond donors (Lipinski definition) is 1. The Balaban J connectivity index is 1.44. The number of carbonyl (C=O) groups excluding carboxylic acids is 2. The SMILES string of the molecule is CCc1nc(CN2CCN(C(=O)CNC(=O)c3cccc([N+](=O)[O-])c3)CC2)cs1. The van der Waals surface area contributed by atoms with Crippen molar-refractivity contribution in [3.8, 4) is 0 Å². The van der Waals surface area contributed by atoms with Gasteiger partial charge in [0.05, 0.1) is 22.2 Å². The van der Waals surface area contributed by atoms with E-state index in [2.05, 4.69) is 27.5 Å². The third kappa shape index (κ3) is 5.58. The van der Waals surface area contributed by atoms with Crippen LogP contribution in [0.25, 0.3) is 0 Å². The number of aromatic nitrogens is 1. The lowest BCUT2D eigenvalue weighted by molar-refractivity contribution is -0.384. The van der Waals surface area contributed by atoms with E-state index in [-0.39, 0.29) is 23.7 Å². The zero-order valence-electron chi connectivity index (χ0n) is 16.2. The molecule has 0 saturated carbocycles. The van der Waals surface area contributed by atoms with Gasteiger partial charge >= 0.3 is 0 Å². The Morgan fingerprint density at radius 1 is 1.28 bits per heavy atom. The standard InChI is InChI=1S/C19H23N5O4S/c1-2-17-21-15(13-29-17)12-22-6-8-23(9-7-22)18(25)11-20-19(26)14-4-3-5-16(10-14)24(27)28/h3-5,10,13H,2,6-9,11-12H2,1H3,(H,20,26). The van der Waals surface area contributed by atoms with Crippen LogP contribution in [0.1, 0.15) is 28.0 Å². The lowest BCUT2D eigenvalue weighted by Crippen LogP contribution is -2.50. The van der Waals surface area contributed by atoms with E-state index in [4.69, 9.17) is 0 Å². The van der Waals surface area contributed by atoms with Crippen LogP contribution in [0, 0.1) is 10.1 Å². The minimum atomic E-state index is -0.559. The van der Waals surface area contributed by atoms with E-state index >= 15 is 0 Å². The first-order chi connectivity index (χ1) is 14.0. The van der Waals surface area contributed by atoms with E-state index in [1.165, 1.54) is 24.3 Å². The number of carbonyl (C=O) groups is 2. The number of nitrogens with zero attached hydrogens (tertiary/aromatic N) is 4. The van der Waals surface area contributed by atoms with Crippen LogP contribution in [0.4, 0.5) is 5.69 Å². The monoisotopic (exact) mass is 417 g/mol. The molecule has 2 aromatic rings. The van der Waals surface area contributed by atoms with E-state index in [0.29, 0.717) is 13.1 Å². The van der Waals surface area contributed by atoms with Crippen LogP contribution in [-0.2, 0) is 17.8 Å². The number of piperazine rings is 1. The molecule has 1 aromatic heterocycles. The Morgan fingerprint density at radius 2 is 2.03 bits per heavy atom. The van der Waals surface area contributed by atoms with Crippen molar-refractivity contribution in [2.45, 2.75) is 19.9 Å². The van der Waals surface area contributed by atoms with Gasteiger partial charge in [-0.15, -0.1) is 11.3 Å². The van der Waals surface area contributed by atoms with Gasteiger partial charge in [0, 0.05) is 55.8 Å². The van der Waals surface area contributed by atoms with Crippen LogP contribution in [0.3, 0.4) is 0 Å². The summed E-state index contributed by atoms with van der Waals surface area (Å²) in [7, 11) is 0. The molecule has 10 heteroatoms. The number of nitro benzene ring substituents is 1. The maximum absolute atomic E-state index is 12.4. The van der Waals surface area contributed by atoms with Gasteiger partial charge in [0.2, 0.25) is 5.91 Å². The van der Waals surface area contributed by atoms with E-state index in [9.17, 15) is 19.7 Å². The maximum atomic E-state index is 12.4. The van der Waals surface area contributed by atoms with Crippen LogP contribution in [0.5, 0.6) is 0 Å². The van der Waals surface area contributed by atoms with Crippen molar-refractivity contribution in [2.75, 3.05) is 32.7 Å². The van der Waals surface area contributed by atoms with Crippen LogP contribution in [-0.4, -0.2) is 64.2 Å². The Morgan fingerprint density at radius 3 is 2.69 bits per heavy atom. The summed E-state index contributed by atoms with van der Waals surface area (Å²) in [6.45, 7) is 5.43. The molecule has 0 spiro atoms. The van der Waals surface area contributed by atoms with Gasteiger partial charge < -0.3 is 10.2 Å². The number of benzene rings is 1. The first-order valence-electron chi connectivity index (χ1n) is 9.42. The molecule has 1 aromatic carbocycles. The summed E-state index contributed by atoms with van der Waals surface area (Å²) in [5, 5.41) is 16.6. The summed E-state index contributed by atoms with van der Waals surface area (Å²) in [4.78, 5) is 43.4. The Kier molecular flexibility index (Phi) is 6.89. The molecule has 0 aliphatic carbocycles. The van der Waals surface area contributed by atoms with E-state index in [1.807, 2.05) is 0 Å². The molecule has 0 radical (unpaired) electrons. The summed E-state index contributed by atoms with van der Waals surface area (Å²) >= 11 is 1.67. The Hall–Kier alpha value is -2.85. The Labute approximate surface area is 172 Å². The third-order valence-electron chi connectivity index (χ3n) is 4.73. The average Bonchev–Trinajstić information content (AvgIpc) is 3.20. The number of amides is 2. The molecule has 9 nitrogen and oxygen atoms in total. The number of aryl methyl sites for hydroxylation is 1. The highest BCUT2D eigenvalue weighted by Gasteiger charge is 2.22. The highest BCUT2D eigenvalue weighted by atomic mass is 32.1. The highest BCUT2D eigenvalue weighted by Crippen LogP contribution is 2.14. The second-order valence-electron chi connectivity index (χ2n) is 6.73. The number of non-ortho nitro benzene ring substituents is 1. The molecule has 2 amide bonds. The van der Waals surface area contributed by atoms with Gasteiger partial charge in [-0.2, -0.15) is 0 Å². The molecule has 1 aliphatic heterocycles. The molecule has 1 N–H and O–H groups in total. The minimum absolute atomic E-state index is 0.131. The van der Waals surface area contributed by atoms with Crippen molar-refractivity contribution < 1.29 is 14.5 Å². The first-order valence-corrected chi connectivity index (χ1v) is 10.3. The van der Waals surface area contributed by atoms with Crippen LogP contribution >= 0.6 is 11.3 Å². The van der Waals surface area contributed by atoms with Gasteiger partial charge in [-0.05, 0) is 12.5 Å². The fraction of sp³-hybridized carbons (Fsp3) is 0.421. The third-order valence-corrected chi connectivity index (χ3v) is 5.77. The number of nitro groups is 1. The quantitative estimate of drug-likeness (QED) is 0.542. The molecule has 3 rings (SSSR count). The number of rotatable bonds is 7. The molecular weight excluding hydrogens is 394 g/mol. The second kappa shape index (κ2) is 9.57. The van der Waals surface area contributed by atoms with Gasteiger partial charge in [0.15, 0.2) is 0 Å². The van der Waals surface area contributed by atoms with Gasteiger partial charge in [0.25, 0.3) is 11.6 Å². The number of nitrogens with one attached hydrogen (secondary N) is 1. The summed E-state index contributed by atoms with van der Waals surface area (Å²) < 4.78 is 0. The molecule has 1 fully saturated rings. The fourth-order valence-corrected chi connectivity index (χ4v) is 3.83. The molecule has 1 saturated heterocycles. The molecule has 1 aliphatic rings. The molecule has 0 bridgehead atoms. The van der Waals surface area contributed by atoms with Crippen LogP contribution in [0.2, 0.25) is 0 Å². The average molecular weight is 417 g/mol. The van der Waals surface area contributed by atoms with Crippen molar-refractivity contribution in [3.05, 3.63) is 56.0 Å². The molecule has 2 heterocycles. The predicted octanol–water partition coefficient (Wildman–Crippen LogP) is 1.69. The molecule has 0 atom stereocenters. The van der Waals surface area contributed by atoms with Crippen molar-refractivity contribution >= 4 is 28.8 Å². The number of thiazole rings is 1. The molecule has 0 unspecified atom stereocenters. The topological polar surface area (TPSA) is 109 Å². The minimum Gasteiger partial charge on any atom is -0.343 e. The van der Waals surface area contributed by atoms with Crippen molar-refractivity contribution in [3.63, 3.8) is 0 Å². The molecule has 154 valence electrons. The largest absolute Gasteiger partial charge is 0.343 e. The zero-order chi connectivity index (χ0) is 20.8. The van der Waals surface area contributed by atoms with Gasteiger partial charge in [-0.1, -0.05) is 13.0 Å². The maximum Gasteiger partial charge on any atom is 0.270 e. The fourth-order valence-electron chi connectivity index (χ4n) is 3.10. The van der Waals surface area contributed by atoms with Crippen molar-refractivity contribution in [1.29, 1.82) is 0 Å². The van der Waals surface area contributed by atoms with Crippen LogP contribution < -0.4 is 5.32 Å². The van der Waals surface area contributed by atoms with E-state index in [1.54, 1.807) is 16.2 Å². The predicted molar refractivity (Wildman–Crippen MR) is 109 cm³/mol. The zero-order valence-corrected chi connectivity index (χ0v) is 17.0.